The van der Waals surface area contributed by atoms with Crippen molar-refractivity contribution in [3.05, 3.63) is 53.1 Å². The molecule has 1 heterocycles. The van der Waals surface area contributed by atoms with Crippen LogP contribution in [0.3, 0.4) is 0 Å². The second kappa shape index (κ2) is 6.95. The van der Waals surface area contributed by atoms with Crippen molar-refractivity contribution in [2.24, 2.45) is 0 Å². The van der Waals surface area contributed by atoms with Gasteiger partial charge in [0.1, 0.15) is 11.4 Å². The summed E-state index contributed by atoms with van der Waals surface area (Å²) >= 11 is 0. The molecule has 0 radical (unpaired) electrons. The van der Waals surface area contributed by atoms with E-state index in [2.05, 4.69) is 18.6 Å². The number of hydrogen-bond acceptors (Lipinski definition) is 3. The predicted octanol–water partition coefficient (Wildman–Crippen LogP) is 4.72. The summed E-state index contributed by atoms with van der Waals surface area (Å²) in [5, 5.41) is 0. The predicted molar refractivity (Wildman–Crippen MR) is 105 cm³/mol. The van der Waals surface area contributed by atoms with Crippen molar-refractivity contribution in [1.29, 1.82) is 0 Å². The highest BCUT2D eigenvalue weighted by Crippen LogP contribution is 2.35. The van der Waals surface area contributed by atoms with E-state index in [9.17, 15) is 8.42 Å². The van der Waals surface area contributed by atoms with Crippen molar-refractivity contribution in [2.45, 2.75) is 63.9 Å². The fourth-order valence-electron chi connectivity index (χ4n) is 3.37. The van der Waals surface area contributed by atoms with Crippen molar-refractivity contribution in [3.63, 3.8) is 0 Å². The van der Waals surface area contributed by atoms with E-state index in [-0.39, 0.29) is 10.5 Å². The lowest BCUT2D eigenvalue weighted by atomic mass is 9.94. The van der Waals surface area contributed by atoms with Gasteiger partial charge in [0.25, 0.3) is 10.0 Å². The van der Waals surface area contributed by atoms with Crippen LogP contribution in [0.5, 0.6) is 5.75 Å². The Morgan fingerprint density at radius 1 is 1.08 bits per heavy atom. The van der Waals surface area contributed by atoms with Crippen LogP contribution in [0.15, 0.2) is 41.3 Å². The Hall–Kier alpha value is -2.01. The highest BCUT2D eigenvalue weighted by Gasteiger charge is 2.28. The summed E-state index contributed by atoms with van der Waals surface area (Å²) < 4.78 is 34.8. The van der Waals surface area contributed by atoms with Gasteiger partial charge in [-0.2, -0.15) is 0 Å². The molecule has 0 spiro atoms. The van der Waals surface area contributed by atoms with Gasteiger partial charge in [-0.15, -0.1) is 0 Å². The fraction of sp³-hybridized carbons (Fsp3) is 0.429. The molecule has 2 aromatic carbocycles. The van der Waals surface area contributed by atoms with Crippen LogP contribution in [-0.2, 0) is 29.3 Å². The van der Waals surface area contributed by atoms with E-state index >= 15 is 0 Å². The molecule has 0 bridgehead atoms. The SMILES string of the molecule is CCc1cccc(CC)c1NS(=O)(=O)c1ccc2c(c1)CCC(C)(C)O2. The Morgan fingerprint density at radius 3 is 2.35 bits per heavy atom. The highest BCUT2D eigenvalue weighted by atomic mass is 32.2. The lowest BCUT2D eigenvalue weighted by molar-refractivity contribution is 0.0845. The Kier molecular flexibility index (Phi) is 5.02. The first-order valence-electron chi connectivity index (χ1n) is 9.21. The number of fused-ring (bicyclic) bond motifs is 1. The first-order chi connectivity index (χ1) is 12.3. The lowest BCUT2D eigenvalue weighted by Gasteiger charge is -2.32. The zero-order chi connectivity index (χ0) is 18.9. The maximum absolute atomic E-state index is 13.0. The van der Waals surface area contributed by atoms with Crippen LogP contribution in [0, 0.1) is 0 Å². The Morgan fingerprint density at radius 2 is 1.73 bits per heavy atom. The lowest BCUT2D eigenvalue weighted by Crippen LogP contribution is -2.32. The Balaban J connectivity index is 1.96. The zero-order valence-corrected chi connectivity index (χ0v) is 16.7. The van der Waals surface area contributed by atoms with Gasteiger partial charge in [-0.05, 0) is 74.4 Å². The Bertz CT molecular complexity index is 895. The third-order valence-corrected chi connectivity index (χ3v) is 6.31. The van der Waals surface area contributed by atoms with Crippen molar-refractivity contribution in [1.82, 2.24) is 0 Å². The summed E-state index contributed by atoms with van der Waals surface area (Å²) in [6.45, 7) is 8.17. The first-order valence-corrected chi connectivity index (χ1v) is 10.7. The quantitative estimate of drug-likeness (QED) is 0.825. The second-order valence-electron chi connectivity index (χ2n) is 7.40. The number of ether oxygens (including phenoxy) is 1. The van der Waals surface area contributed by atoms with Crippen LogP contribution in [0.4, 0.5) is 5.69 Å². The highest BCUT2D eigenvalue weighted by molar-refractivity contribution is 7.92. The van der Waals surface area contributed by atoms with E-state index in [0.29, 0.717) is 5.69 Å². The van der Waals surface area contributed by atoms with E-state index in [4.69, 9.17) is 4.74 Å². The van der Waals surface area contributed by atoms with Gasteiger partial charge in [-0.1, -0.05) is 32.0 Å². The summed E-state index contributed by atoms with van der Waals surface area (Å²) in [5.41, 5.74) is 3.48. The molecule has 0 unspecified atom stereocenters. The van der Waals surface area contributed by atoms with E-state index in [1.165, 1.54) is 0 Å². The van der Waals surface area contributed by atoms with E-state index < -0.39 is 10.0 Å². The standard InChI is InChI=1S/C21H27NO3S/c1-5-15-8-7-9-16(6-2)20(15)22-26(23,24)18-10-11-19-17(14-18)12-13-21(3,4)25-19/h7-11,14,22H,5-6,12-13H2,1-4H3. The number of aryl methyl sites for hydroxylation is 3. The molecule has 0 saturated carbocycles. The third-order valence-electron chi connectivity index (χ3n) is 4.96. The maximum atomic E-state index is 13.0. The second-order valence-corrected chi connectivity index (χ2v) is 9.08. The zero-order valence-electron chi connectivity index (χ0n) is 15.9. The van der Waals surface area contributed by atoms with Gasteiger partial charge in [0.05, 0.1) is 10.6 Å². The summed E-state index contributed by atoms with van der Waals surface area (Å²) in [7, 11) is -3.65. The summed E-state index contributed by atoms with van der Waals surface area (Å²) in [6.07, 6.45) is 3.24. The summed E-state index contributed by atoms with van der Waals surface area (Å²) in [4.78, 5) is 0.285. The minimum Gasteiger partial charge on any atom is -0.488 e. The summed E-state index contributed by atoms with van der Waals surface area (Å²) in [6, 6.07) is 11.1. The molecule has 1 aliphatic rings. The van der Waals surface area contributed by atoms with E-state index in [0.717, 1.165) is 48.1 Å². The van der Waals surface area contributed by atoms with Crippen molar-refractivity contribution in [2.75, 3.05) is 4.72 Å². The van der Waals surface area contributed by atoms with E-state index in [1.54, 1.807) is 18.2 Å². The third kappa shape index (κ3) is 3.73. The number of benzene rings is 2. The van der Waals surface area contributed by atoms with Gasteiger partial charge in [0.2, 0.25) is 0 Å². The molecule has 0 saturated heterocycles. The molecule has 0 aromatic heterocycles. The number of hydrogen-bond donors (Lipinski definition) is 1. The van der Waals surface area contributed by atoms with Gasteiger partial charge in [0, 0.05) is 0 Å². The van der Waals surface area contributed by atoms with Crippen LogP contribution < -0.4 is 9.46 Å². The smallest absolute Gasteiger partial charge is 0.261 e. The minimum absolute atomic E-state index is 0.207. The molecule has 4 nitrogen and oxygen atoms in total. The fourth-order valence-corrected chi connectivity index (χ4v) is 4.56. The minimum atomic E-state index is -3.65. The van der Waals surface area contributed by atoms with Crippen molar-refractivity contribution < 1.29 is 13.2 Å². The molecule has 1 N–H and O–H groups in total. The average molecular weight is 374 g/mol. The number of nitrogens with one attached hydrogen (secondary N) is 1. The van der Waals surface area contributed by atoms with E-state index in [1.807, 2.05) is 32.0 Å². The molecule has 3 rings (SSSR count). The molecule has 0 aliphatic carbocycles. The van der Waals surface area contributed by atoms with Gasteiger partial charge >= 0.3 is 0 Å². The molecule has 5 heteroatoms. The van der Waals surface area contributed by atoms with Crippen LogP contribution in [0.1, 0.15) is 50.8 Å². The summed E-state index contributed by atoms with van der Waals surface area (Å²) in [5.74, 6) is 0.781. The molecule has 26 heavy (non-hydrogen) atoms. The number of para-hydroxylation sites is 1. The molecule has 0 amide bonds. The molecule has 0 fully saturated rings. The van der Waals surface area contributed by atoms with Crippen molar-refractivity contribution in [3.8, 4) is 5.75 Å². The first kappa shape index (κ1) is 18.8. The van der Waals surface area contributed by atoms with Gasteiger partial charge in [0.15, 0.2) is 0 Å². The molecule has 2 aromatic rings. The van der Waals surface area contributed by atoms with Crippen molar-refractivity contribution >= 4 is 15.7 Å². The van der Waals surface area contributed by atoms with Crippen LogP contribution in [-0.4, -0.2) is 14.0 Å². The molecule has 1 aliphatic heterocycles. The van der Waals surface area contributed by atoms with Gasteiger partial charge < -0.3 is 4.74 Å². The number of rotatable bonds is 5. The largest absolute Gasteiger partial charge is 0.488 e. The van der Waals surface area contributed by atoms with Gasteiger partial charge in [-0.3, -0.25) is 4.72 Å². The normalized spacial score (nSPS) is 15.8. The molecule has 140 valence electrons. The molecular weight excluding hydrogens is 346 g/mol. The van der Waals surface area contributed by atoms with Crippen LogP contribution in [0.2, 0.25) is 0 Å². The monoisotopic (exact) mass is 373 g/mol. The average Bonchev–Trinajstić information content (AvgIpc) is 2.60. The Labute approximate surface area is 156 Å². The maximum Gasteiger partial charge on any atom is 0.261 e. The topological polar surface area (TPSA) is 55.4 Å². The molecular formula is C21H27NO3S. The number of anilines is 1. The van der Waals surface area contributed by atoms with Gasteiger partial charge in [-0.25, -0.2) is 8.42 Å². The van der Waals surface area contributed by atoms with Crippen LogP contribution in [0.25, 0.3) is 0 Å². The molecule has 0 atom stereocenters. The van der Waals surface area contributed by atoms with Crippen LogP contribution >= 0.6 is 0 Å². The number of sulfonamides is 1.